The molecule has 0 amide bonds. The van der Waals surface area contributed by atoms with E-state index in [-0.39, 0.29) is 47.6 Å². The lowest BCUT2D eigenvalue weighted by molar-refractivity contribution is -0.192. The maximum absolute atomic E-state index is 13.7. The van der Waals surface area contributed by atoms with E-state index in [9.17, 15) is 24.3 Å². The summed E-state index contributed by atoms with van der Waals surface area (Å²) >= 11 is 0. The minimum atomic E-state index is -1.43. The van der Waals surface area contributed by atoms with Crippen LogP contribution in [0, 0.1) is 28.6 Å². The molecule has 32 heavy (non-hydrogen) atoms. The molecular formula is C26H36O6. The summed E-state index contributed by atoms with van der Waals surface area (Å²) in [6.45, 7) is 5.35. The zero-order valence-electron chi connectivity index (χ0n) is 19.6. The standard InChI is InChI=1S/C26H36O6/c1-4-5-6-22(31)32-26(21(30)15-27)12-10-19-18-8-7-16-13-17(28)9-11-24(16,2)23(18)20(29)14-25(19,26)3/h13,18-19,23,27H,4-12,14-15H2,1-3H3. The van der Waals surface area contributed by atoms with Crippen LogP contribution in [-0.2, 0) is 23.9 Å². The molecule has 6 atom stereocenters. The lowest BCUT2D eigenvalue weighted by Crippen LogP contribution is -2.62. The van der Waals surface area contributed by atoms with Crippen molar-refractivity contribution in [3.05, 3.63) is 11.6 Å². The van der Waals surface area contributed by atoms with E-state index in [0.29, 0.717) is 32.1 Å². The van der Waals surface area contributed by atoms with Gasteiger partial charge in [0.1, 0.15) is 12.4 Å². The Balaban J connectivity index is 1.71. The minimum Gasteiger partial charge on any atom is -0.450 e. The summed E-state index contributed by atoms with van der Waals surface area (Å²) in [5.74, 6) is -0.644. The first kappa shape index (κ1) is 23.3. The Morgan fingerprint density at radius 1 is 1.16 bits per heavy atom. The number of Topliss-reactive ketones (excluding diaryl/α,β-unsaturated/α-hetero) is 2. The molecule has 3 saturated carbocycles. The van der Waals surface area contributed by atoms with Crippen molar-refractivity contribution < 1.29 is 29.0 Å². The van der Waals surface area contributed by atoms with Gasteiger partial charge in [-0.05, 0) is 61.9 Å². The number of hydrogen-bond donors (Lipinski definition) is 1. The summed E-state index contributed by atoms with van der Waals surface area (Å²) in [6.07, 6.45) is 7.52. The lowest BCUT2D eigenvalue weighted by Gasteiger charge is -2.58. The fourth-order valence-corrected chi connectivity index (χ4v) is 7.75. The molecule has 4 aliphatic carbocycles. The number of carbonyl (C=O) groups is 4. The number of rotatable bonds is 6. The summed E-state index contributed by atoms with van der Waals surface area (Å²) in [5.41, 5.74) is -1.44. The van der Waals surface area contributed by atoms with Crippen LogP contribution in [0.3, 0.4) is 0 Å². The highest BCUT2D eigenvalue weighted by molar-refractivity contribution is 5.95. The predicted molar refractivity (Wildman–Crippen MR) is 118 cm³/mol. The maximum atomic E-state index is 13.7. The van der Waals surface area contributed by atoms with Crippen LogP contribution in [0.4, 0.5) is 0 Å². The van der Waals surface area contributed by atoms with Gasteiger partial charge in [0.2, 0.25) is 5.78 Å². The fourth-order valence-electron chi connectivity index (χ4n) is 7.75. The van der Waals surface area contributed by atoms with Crippen molar-refractivity contribution in [1.82, 2.24) is 0 Å². The Hall–Kier alpha value is -1.82. The van der Waals surface area contributed by atoms with Gasteiger partial charge in [0.05, 0.1) is 0 Å². The van der Waals surface area contributed by atoms with Crippen molar-refractivity contribution in [1.29, 1.82) is 0 Å². The van der Waals surface area contributed by atoms with Gasteiger partial charge in [-0.1, -0.05) is 32.8 Å². The van der Waals surface area contributed by atoms with Crippen LogP contribution in [-0.4, -0.2) is 40.6 Å². The molecule has 4 aliphatic rings. The van der Waals surface area contributed by atoms with Crippen LogP contribution in [0.25, 0.3) is 0 Å². The Bertz CT molecular complexity index is 874. The third kappa shape index (κ3) is 3.24. The van der Waals surface area contributed by atoms with Crippen molar-refractivity contribution >= 4 is 23.3 Å². The van der Waals surface area contributed by atoms with Crippen LogP contribution in [0.5, 0.6) is 0 Å². The summed E-state index contributed by atoms with van der Waals surface area (Å²) in [7, 11) is 0. The molecule has 0 aromatic heterocycles. The van der Waals surface area contributed by atoms with Crippen LogP contribution < -0.4 is 0 Å². The van der Waals surface area contributed by atoms with Gasteiger partial charge in [0, 0.05) is 30.6 Å². The highest BCUT2D eigenvalue weighted by Crippen LogP contribution is 2.67. The van der Waals surface area contributed by atoms with Crippen molar-refractivity contribution in [2.45, 2.75) is 90.6 Å². The monoisotopic (exact) mass is 444 g/mol. The Morgan fingerprint density at radius 3 is 2.59 bits per heavy atom. The van der Waals surface area contributed by atoms with E-state index >= 15 is 0 Å². The van der Waals surface area contributed by atoms with Crippen LogP contribution >= 0.6 is 0 Å². The number of allylic oxidation sites excluding steroid dienone is 1. The topological polar surface area (TPSA) is 97.7 Å². The second-order valence-corrected chi connectivity index (χ2v) is 10.9. The van der Waals surface area contributed by atoms with Crippen molar-refractivity contribution in [3.8, 4) is 0 Å². The van der Waals surface area contributed by atoms with Gasteiger partial charge in [-0.15, -0.1) is 0 Å². The van der Waals surface area contributed by atoms with Crippen LogP contribution in [0.15, 0.2) is 11.6 Å². The van der Waals surface area contributed by atoms with E-state index in [1.807, 2.05) is 13.8 Å². The highest BCUT2D eigenvalue weighted by Gasteiger charge is 2.70. The smallest absolute Gasteiger partial charge is 0.306 e. The number of ketones is 3. The summed E-state index contributed by atoms with van der Waals surface area (Å²) < 4.78 is 5.94. The summed E-state index contributed by atoms with van der Waals surface area (Å²) in [4.78, 5) is 51.6. The van der Waals surface area contributed by atoms with E-state index < -0.39 is 29.4 Å². The normalized spacial score (nSPS) is 40.8. The summed E-state index contributed by atoms with van der Waals surface area (Å²) in [5, 5.41) is 9.81. The van der Waals surface area contributed by atoms with Crippen molar-refractivity contribution in [3.63, 3.8) is 0 Å². The molecule has 0 saturated heterocycles. The molecule has 4 rings (SSSR count). The van der Waals surface area contributed by atoms with Crippen LogP contribution in [0.2, 0.25) is 0 Å². The Kier molecular flexibility index (Phi) is 5.98. The largest absolute Gasteiger partial charge is 0.450 e. The van der Waals surface area contributed by atoms with Crippen molar-refractivity contribution in [2.24, 2.45) is 28.6 Å². The molecule has 0 radical (unpaired) electrons. The molecule has 3 fully saturated rings. The fraction of sp³-hybridized carbons (Fsp3) is 0.769. The first-order valence-corrected chi connectivity index (χ1v) is 12.3. The molecule has 0 aliphatic heterocycles. The number of fused-ring (bicyclic) bond motifs is 5. The van der Waals surface area contributed by atoms with Gasteiger partial charge < -0.3 is 9.84 Å². The Labute approximate surface area is 190 Å². The molecule has 0 aromatic rings. The molecule has 0 aromatic carbocycles. The first-order chi connectivity index (χ1) is 15.1. The number of unbranched alkanes of at least 4 members (excludes halogenated alkanes) is 1. The Morgan fingerprint density at radius 2 is 1.91 bits per heavy atom. The zero-order valence-corrected chi connectivity index (χ0v) is 19.6. The number of aliphatic hydroxyl groups excluding tert-OH is 1. The third-order valence-corrected chi connectivity index (χ3v) is 9.39. The predicted octanol–water partition coefficient (Wildman–Crippen LogP) is 3.73. The van der Waals surface area contributed by atoms with Crippen LogP contribution in [0.1, 0.15) is 85.0 Å². The van der Waals surface area contributed by atoms with E-state index in [4.69, 9.17) is 4.74 Å². The van der Waals surface area contributed by atoms with E-state index in [2.05, 4.69) is 6.92 Å². The molecule has 1 N–H and O–H groups in total. The van der Waals surface area contributed by atoms with E-state index in [1.165, 1.54) is 0 Å². The van der Waals surface area contributed by atoms with Crippen molar-refractivity contribution in [2.75, 3.05) is 6.61 Å². The average molecular weight is 445 g/mol. The molecule has 0 heterocycles. The average Bonchev–Trinajstić information content (AvgIpc) is 3.04. The molecule has 176 valence electrons. The molecular weight excluding hydrogens is 408 g/mol. The number of carbonyl (C=O) groups excluding carboxylic acids is 4. The third-order valence-electron chi connectivity index (χ3n) is 9.39. The number of ether oxygens (including phenoxy) is 1. The van der Waals surface area contributed by atoms with Gasteiger partial charge in [-0.3, -0.25) is 19.2 Å². The van der Waals surface area contributed by atoms with Gasteiger partial charge in [0.25, 0.3) is 0 Å². The SMILES string of the molecule is CCCCC(=O)OC1(C(=O)CO)CCC2C3CCC4=CC(=O)CCC4(C)C3C(=O)CC21C. The van der Waals surface area contributed by atoms with Gasteiger partial charge in [0.15, 0.2) is 11.4 Å². The van der Waals surface area contributed by atoms with Gasteiger partial charge in [-0.25, -0.2) is 0 Å². The van der Waals surface area contributed by atoms with Gasteiger partial charge >= 0.3 is 5.97 Å². The molecule has 6 heteroatoms. The van der Waals surface area contributed by atoms with E-state index in [1.54, 1.807) is 6.08 Å². The quantitative estimate of drug-likeness (QED) is 0.627. The molecule has 0 spiro atoms. The van der Waals surface area contributed by atoms with Gasteiger partial charge in [-0.2, -0.15) is 0 Å². The number of aliphatic hydroxyl groups is 1. The van der Waals surface area contributed by atoms with E-state index in [0.717, 1.165) is 24.8 Å². The lowest BCUT2D eigenvalue weighted by atomic mass is 9.46. The maximum Gasteiger partial charge on any atom is 0.306 e. The summed E-state index contributed by atoms with van der Waals surface area (Å²) in [6, 6.07) is 0. The molecule has 6 unspecified atom stereocenters. The highest BCUT2D eigenvalue weighted by atomic mass is 16.6. The second kappa shape index (κ2) is 8.19. The zero-order chi connectivity index (χ0) is 23.3. The minimum absolute atomic E-state index is 0.0654. The molecule has 6 nitrogen and oxygen atoms in total. The molecule has 0 bridgehead atoms. The second-order valence-electron chi connectivity index (χ2n) is 10.9. The first-order valence-electron chi connectivity index (χ1n) is 12.3. The number of hydrogen-bond acceptors (Lipinski definition) is 6. The number of esters is 1.